The third kappa shape index (κ3) is 4.82. The fourth-order valence-electron chi connectivity index (χ4n) is 3.83. The second-order valence-corrected chi connectivity index (χ2v) is 9.42. The van der Waals surface area contributed by atoms with Crippen LogP contribution in [0.25, 0.3) is 21.0 Å². The van der Waals surface area contributed by atoms with Gasteiger partial charge in [0.1, 0.15) is 11.3 Å². The van der Waals surface area contributed by atoms with Gasteiger partial charge in [0, 0.05) is 17.7 Å². The number of carboxylic acids is 2. The summed E-state index contributed by atoms with van der Waals surface area (Å²) >= 11 is 1.14. The van der Waals surface area contributed by atoms with E-state index in [-0.39, 0.29) is 16.8 Å². The summed E-state index contributed by atoms with van der Waals surface area (Å²) in [5, 5.41) is 28.6. The van der Waals surface area contributed by atoms with Gasteiger partial charge >= 0.3 is 11.9 Å². The van der Waals surface area contributed by atoms with Crippen LogP contribution >= 0.6 is 11.3 Å². The van der Waals surface area contributed by atoms with Crippen LogP contribution in [0.2, 0.25) is 0 Å². The van der Waals surface area contributed by atoms with E-state index in [0.29, 0.717) is 17.9 Å². The lowest BCUT2D eigenvalue weighted by molar-refractivity contribution is -0.165. The number of Topliss-reactive ketones (excluding diaryl/α,β-unsaturated/α-hetero) is 1. The molecule has 2 aromatic carbocycles. The molecule has 2 aromatic heterocycles. The van der Waals surface area contributed by atoms with Crippen LogP contribution in [0.1, 0.15) is 35.9 Å². The van der Waals surface area contributed by atoms with Crippen molar-refractivity contribution >= 4 is 50.0 Å². The summed E-state index contributed by atoms with van der Waals surface area (Å²) in [5.74, 6) is -3.30. The van der Waals surface area contributed by atoms with Crippen LogP contribution in [0.5, 0.6) is 5.75 Å². The van der Waals surface area contributed by atoms with Crippen LogP contribution in [-0.2, 0) is 16.1 Å². The van der Waals surface area contributed by atoms with Gasteiger partial charge in [0.05, 0.1) is 16.9 Å². The minimum atomic E-state index is -2.45. The normalized spacial score (nSPS) is 11.6. The molecule has 2 heterocycles. The Morgan fingerprint density at radius 3 is 2.56 bits per heavy atom. The predicted octanol–water partition coefficient (Wildman–Crippen LogP) is 3.61. The van der Waals surface area contributed by atoms with Crippen LogP contribution in [0, 0.1) is 5.41 Å². The second-order valence-electron chi connectivity index (χ2n) is 8.34. The first-order valence-electron chi connectivity index (χ1n) is 11.2. The largest absolute Gasteiger partial charge is 0.494 e. The zero-order valence-electron chi connectivity index (χ0n) is 19.3. The third-order valence-electron chi connectivity index (χ3n) is 5.90. The van der Waals surface area contributed by atoms with E-state index in [9.17, 15) is 29.4 Å². The van der Waals surface area contributed by atoms with Gasteiger partial charge in [-0.05, 0) is 54.6 Å². The Balaban J connectivity index is 1.60. The minimum Gasteiger partial charge on any atom is -0.494 e. The molecule has 0 spiro atoms. The highest BCUT2D eigenvalue weighted by Gasteiger charge is 2.48. The number of aromatic nitrogens is 3. The van der Waals surface area contributed by atoms with Crippen molar-refractivity contribution in [2.45, 2.75) is 32.7 Å². The lowest BCUT2D eigenvalue weighted by atomic mass is 9.79. The molecule has 4 aromatic rings. The molecular formula is C25H23N3O7S. The van der Waals surface area contributed by atoms with Crippen molar-refractivity contribution in [3.8, 4) is 5.75 Å². The number of benzene rings is 2. The first-order valence-corrected chi connectivity index (χ1v) is 12.1. The molecule has 0 atom stereocenters. The van der Waals surface area contributed by atoms with Crippen molar-refractivity contribution < 1.29 is 29.3 Å². The number of carbonyl (C=O) groups excluding carboxylic acids is 1. The summed E-state index contributed by atoms with van der Waals surface area (Å²) in [6.07, 6.45) is -0.467. The predicted molar refractivity (Wildman–Crippen MR) is 133 cm³/mol. The topological polar surface area (TPSA) is 149 Å². The van der Waals surface area contributed by atoms with Crippen molar-refractivity contribution in [3.05, 3.63) is 63.8 Å². The van der Waals surface area contributed by atoms with E-state index in [0.717, 1.165) is 32.5 Å². The lowest BCUT2D eigenvalue weighted by Gasteiger charge is -2.24. The molecule has 0 aliphatic heterocycles. The molecule has 0 aliphatic rings. The highest BCUT2D eigenvalue weighted by atomic mass is 32.1. The minimum absolute atomic E-state index is 0.243. The molecule has 0 aliphatic carbocycles. The number of aryl methyl sites for hydroxylation is 1. The molecule has 36 heavy (non-hydrogen) atoms. The van der Waals surface area contributed by atoms with Gasteiger partial charge in [0.15, 0.2) is 11.2 Å². The van der Waals surface area contributed by atoms with E-state index >= 15 is 0 Å². The first-order chi connectivity index (χ1) is 17.2. The van der Waals surface area contributed by atoms with Crippen LogP contribution in [0.15, 0.2) is 53.3 Å². The zero-order chi connectivity index (χ0) is 25.9. The quantitative estimate of drug-likeness (QED) is 0.228. The fourth-order valence-corrected chi connectivity index (χ4v) is 4.86. The van der Waals surface area contributed by atoms with Crippen molar-refractivity contribution in [3.63, 3.8) is 0 Å². The molecule has 0 fully saturated rings. The Kier molecular flexibility index (Phi) is 7.11. The summed E-state index contributed by atoms with van der Waals surface area (Å²) in [6.45, 7) is 2.20. The Labute approximate surface area is 208 Å². The first kappa shape index (κ1) is 25.0. The number of thiophene rings is 1. The Morgan fingerprint density at radius 1 is 1.08 bits per heavy atom. The number of fused-ring (bicyclic) bond motifs is 2. The van der Waals surface area contributed by atoms with Crippen LogP contribution in [0.3, 0.4) is 0 Å². The van der Waals surface area contributed by atoms with Gasteiger partial charge in [0.2, 0.25) is 0 Å². The number of hydrogen-bond acceptors (Lipinski definition) is 8. The molecule has 0 unspecified atom stereocenters. The average molecular weight is 510 g/mol. The number of rotatable bonds is 11. The van der Waals surface area contributed by atoms with Gasteiger partial charge in [-0.15, -0.1) is 16.4 Å². The highest BCUT2D eigenvalue weighted by molar-refractivity contribution is 7.20. The fraction of sp³-hybridized carbons (Fsp3) is 0.280. The number of carboxylic acid groups (broad SMARTS) is 2. The van der Waals surface area contributed by atoms with Gasteiger partial charge in [0.25, 0.3) is 5.56 Å². The number of carbonyl (C=O) groups is 3. The third-order valence-corrected chi connectivity index (χ3v) is 7.04. The molecule has 4 rings (SSSR count). The van der Waals surface area contributed by atoms with Gasteiger partial charge in [-0.1, -0.05) is 24.3 Å². The number of ketones is 1. The molecule has 0 radical (unpaired) electrons. The molecule has 186 valence electrons. The molecule has 0 bridgehead atoms. The number of aliphatic carboxylic acids is 2. The van der Waals surface area contributed by atoms with Gasteiger partial charge in [-0.25, -0.2) is 4.68 Å². The smallest absolute Gasteiger partial charge is 0.321 e. The van der Waals surface area contributed by atoms with Crippen LogP contribution < -0.4 is 10.3 Å². The monoisotopic (exact) mass is 509 g/mol. The van der Waals surface area contributed by atoms with Crippen LogP contribution in [0.4, 0.5) is 0 Å². The number of nitrogens with zero attached hydrogens (tertiary/aromatic N) is 3. The molecular weight excluding hydrogens is 486 g/mol. The van der Waals surface area contributed by atoms with E-state index in [1.54, 1.807) is 48.5 Å². The van der Waals surface area contributed by atoms with Crippen molar-refractivity contribution in [2.24, 2.45) is 5.41 Å². The summed E-state index contributed by atoms with van der Waals surface area (Å²) in [6, 6.07) is 13.5. The van der Waals surface area contributed by atoms with E-state index in [1.165, 1.54) is 0 Å². The maximum atomic E-state index is 13.1. The maximum Gasteiger partial charge on any atom is 0.321 e. The van der Waals surface area contributed by atoms with Crippen molar-refractivity contribution in [2.75, 3.05) is 6.61 Å². The van der Waals surface area contributed by atoms with Gasteiger partial charge < -0.3 is 14.9 Å². The van der Waals surface area contributed by atoms with Crippen molar-refractivity contribution in [1.82, 2.24) is 15.0 Å². The maximum absolute atomic E-state index is 13.1. The average Bonchev–Trinajstić information content (AvgIpc) is 3.29. The standard InChI is InChI=1S/C25H23N3O7S/c1-2-11-35-16-8-7-15-12-21(36-20(15)13-16)19(29)14-25(23(31)32,24(33)34)9-10-28-22(30)17-5-3-4-6-18(17)26-27-28/h3-8,12-13H,2,9-11,14H2,1H3,(H,31,32)(H,33,34). The second kappa shape index (κ2) is 10.2. The number of ether oxygens (including phenoxy) is 1. The zero-order valence-corrected chi connectivity index (χ0v) is 20.2. The molecule has 2 N–H and O–H groups in total. The lowest BCUT2D eigenvalue weighted by Crippen LogP contribution is -2.43. The number of hydrogen-bond donors (Lipinski definition) is 2. The van der Waals surface area contributed by atoms with E-state index in [2.05, 4.69) is 10.3 Å². The summed E-state index contributed by atoms with van der Waals surface area (Å²) < 4.78 is 7.30. The summed E-state index contributed by atoms with van der Waals surface area (Å²) in [5.41, 5.74) is -2.61. The Morgan fingerprint density at radius 2 is 1.83 bits per heavy atom. The molecule has 0 saturated heterocycles. The molecule has 11 heteroatoms. The summed E-state index contributed by atoms with van der Waals surface area (Å²) in [4.78, 5) is 50.5. The Bertz CT molecular complexity index is 1510. The SMILES string of the molecule is CCCOc1ccc2cc(C(=O)CC(CCn3nnc4ccccc4c3=O)(C(=O)O)C(=O)O)sc2c1. The van der Waals surface area contributed by atoms with Crippen LogP contribution in [-0.4, -0.2) is 49.5 Å². The molecule has 10 nitrogen and oxygen atoms in total. The Hall–Kier alpha value is -4.12. The van der Waals surface area contributed by atoms with E-state index in [4.69, 9.17) is 4.74 Å². The highest BCUT2D eigenvalue weighted by Crippen LogP contribution is 2.35. The van der Waals surface area contributed by atoms with Gasteiger partial charge in [-0.3, -0.25) is 19.2 Å². The van der Waals surface area contributed by atoms with E-state index in [1.807, 2.05) is 6.92 Å². The molecule has 0 saturated carbocycles. The molecule has 0 amide bonds. The summed E-state index contributed by atoms with van der Waals surface area (Å²) in [7, 11) is 0. The van der Waals surface area contributed by atoms with Gasteiger partial charge in [-0.2, -0.15) is 0 Å². The van der Waals surface area contributed by atoms with E-state index < -0.39 is 41.5 Å². The van der Waals surface area contributed by atoms with Crippen molar-refractivity contribution in [1.29, 1.82) is 0 Å².